The molecule has 1 spiro atoms. The summed E-state index contributed by atoms with van der Waals surface area (Å²) in [4.78, 5) is 0. The van der Waals surface area contributed by atoms with E-state index in [0.29, 0.717) is 17.2 Å². The molecule has 1 unspecified atom stereocenters. The van der Waals surface area contributed by atoms with Crippen molar-refractivity contribution >= 4 is 9.84 Å². The molecule has 0 heterocycles. The van der Waals surface area contributed by atoms with E-state index in [9.17, 15) is 8.42 Å². The third-order valence-corrected chi connectivity index (χ3v) is 5.63. The predicted molar refractivity (Wildman–Crippen MR) is 70.9 cm³/mol. The van der Waals surface area contributed by atoms with Crippen molar-refractivity contribution in [1.82, 2.24) is 5.32 Å². The van der Waals surface area contributed by atoms with Gasteiger partial charge in [0, 0.05) is 12.3 Å². The lowest BCUT2D eigenvalue weighted by Gasteiger charge is -2.52. The number of rotatable bonds is 5. The summed E-state index contributed by atoms with van der Waals surface area (Å²) in [6.45, 7) is 0.861. The Morgan fingerprint density at radius 3 is 2.41 bits per heavy atom. The molecule has 1 N–H and O–H groups in total. The van der Waals surface area contributed by atoms with Crippen LogP contribution in [0.5, 0.6) is 0 Å². The molecule has 0 amide bonds. The van der Waals surface area contributed by atoms with Crippen molar-refractivity contribution < 1.29 is 8.42 Å². The lowest BCUT2D eigenvalue weighted by Crippen LogP contribution is -2.54. The molecule has 3 nitrogen and oxygen atoms in total. The van der Waals surface area contributed by atoms with Crippen LogP contribution in [-0.4, -0.2) is 33.0 Å². The van der Waals surface area contributed by atoms with E-state index in [-0.39, 0.29) is 0 Å². The SMILES string of the molecule is CS(=O)(=O)CCCNC1CCC12CCCCC2. The number of nitrogens with one attached hydrogen (secondary N) is 1. The highest BCUT2D eigenvalue weighted by atomic mass is 32.2. The summed E-state index contributed by atoms with van der Waals surface area (Å²) in [6, 6.07) is 0.669. The maximum absolute atomic E-state index is 11.0. The standard InChI is InChI=1S/C13H25NO2S/c1-17(15,16)11-5-10-14-12-6-9-13(12)7-3-2-4-8-13/h12,14H,2-11H2,1H3. The molecule has 1 atom stereocenters. The van der Waals surface area contributed by atoms with Gasteiger partial charge in [-0.2, -0.15) is 0 Å². The van der Waals surface area contributed by atoms with Crippen molar-refractivity contribution in [2.75, 3.05) is 18.6 Å². The highest BCUT2D eigenvalue weighted by Crippen LogP contribution is 2.51. The molecular formula is C13H25NO2S. The van der Waals surface area contributed by atoms with Crippen LogP contribution in [0.15, 0.2) is 0 Å². The molecule has 2 aliphatic rings. The van der Waals surface area contributed by atoms with Gasteiger partial charge in [-0.1, -0.05) is 19.3 Å². The van der Waals surface area contributed by atoms with Crippen molar-refractivity contribution in [3.63, 3.8) is 0 Å². The van der Waals surface area contributed by atoms with Crippen LogP contribution in [0.4, 0.5) is 0 Å². The van der Waals surface area contributed by atoms with Crippen molar-refractivity contribution in [2.24, 2.45) is 5.41 Å². The molecular weight excluding hydrogens is 234 g/mol. The highest BCUT2D eigenvalue weighted by molar-refractivity contribution is 7.90. The molecule has 0 bridgehead atoms. The summed E-state index contributed by atoms with van der Waals surface area (Å²) < 4.78 is 22.1. The molecule has 0 radical (unpaired) electrons. The molecule has 2 rings (SSSR count). The van der Waals surface area contributed by atoms with Crippen LogP contribution in [0.2, 0.25) is 0 Å². The average Bonchev–Trinajstić information content (AvgIpc) is 2.27. The van der Waals surface area contributed by atoms with Gasteiger partial charge in [0.05, 0.1) is 5.75 Å². The van der Waals surface area contributed by atoms with Crippen LogP contribution < -0.4 is 5.32 Å². The first kappa shape index (κ1) is 13.3. The van der Waals surface area contributed by atoms with Gasteiger partial charge in [-0.05, 0) is 44.1 Å². The first-order valence-electron chi connectivity index (χ1n) is 6.93. The van der Waals surface area contributed by atoms with Crippen molar-refractivity contribution in [2.45, 2.75) is 57.4 Å². The second-order valence-corrected chi connectivity index (χ2v) is 8.21. The molecule has 0 aromatic rings. The number of hydrogen-bond donors (Lipinski definition) is 1. The molecule has 100 valence electrons. The Balaban J connectivity index is 1.69. The molecule has 17 heavy (non-hydrogen) atoms. The summed E-state index contributed by atoms with van der Waals surface area (Å²) in [5.74, 6) is 0.319. The van der Waals surface area contributed by atoms with E-state index >= 15 is 0 Å². The van der Waals surface area contributed by atoms with E-state index in [1.165, 1.54) is 51.2 Å². The Bertz CT molecular complexity index is 344. The quantitative estimate of drug-likeness (QED) is 0.769. The first-order chi connectivity index (χ1) is 8.02. The van der Waals surface area contributed by atoms with E-state index in [1.54, 1.807) is 0 Å². The van der Waals surface area contributed by atoms with Gasteiger partial charge in [0.2, 0.25) is 0 Å². The van der Waals surface area contributed by atoms with E-state index in [2.05, 4.69) is 5.32 Å². The monoisotopic (exact) mass is 259 g/mol. The maximum Gasteiger partial charge on any atom is 0.147 e. The van der Waals surface area contributed by atoms with E-state index < -0.39 is 9.84 Å². The highest BCUT2D eigenvalue weighted by Gasteiger charge is 2.46. The maximum atomic E-state index is 11.0. The van der Waals surface area contributed by atoms with Gasteiger partial charge in [-0.3, -0.25) is 0 Å². The van der Waals surface area contributed by atoms with Gasteiger partial charge < -0.3 is 5.32 Å². The Kier molecular flexibility index (Phi) is 4.14. The Labute approximate surface area is 105 Å². The van der Waals surface area contributed by atoms with Gasteiger partial charge in [0.15, 0.2) is 0 Å². The normalized spacial score (nSPS) is 27.9. The van der Waals surface area contributed by atoms with Crippen LogP contribution in [0.25, 0.3) is 0 Å². The molecule has 0 aromatic heterocycles. The fourth-order valence-corrected chi connectivity index (χ4v) is 4.15. The summed E-state index contributed by atoms with van der Waals surface area (Å²) in [6.07, 6.45) is 11.7. The molecule has 0 saturated heterocycles. The van der Waals surface area contributed by atoms with Crippen molar-refractivity contribution in [3.8, 4) is 0 Å². The third kappa shape index (κ3) is 3.44. The van der Waals surface area contributed by atoms with Crippen LogP contribution in [0.1, 0.15) is 51.4 Å². The van der Waals surface area contributed by atoms with Crippen LogP contribution in [0.3, 0.4) is 0 Å². The van der Waals surface area contributed by atoms with Crippen LogP contribution in [0, 0.1) is 5.41 Å². The molecule has 0 aliphatic heterocycles. The smallest absolute Gasteiger partial charge is 0.147 e. The van der Waals surface area contributed by atoms with Gasteiger partial charge in [-0.25, -0.2) is 8.42 Å². The predicted octanol–water partition coefficient (Wildman–Crippen LogP) is 2.12. The Hall–Kier alpha value is -0.0900. The fourth-order valence-electron chi connectivity index (χ4n) is 3.48. The number of hydrogen-bond acceptors (Lipinski definition) is 3. The minimum atomic E-state index is -2.78. The Morgan fingerprint density at radius 2 is 1.88 bits per heavy atom. The zero-order chi connectivity index (χ0) is 12.4. The average molecular weight is 259 g/mol. The summed E-state index contributed by atoms with van der Waals surface area (Å²) in [7, 11) is -2.78. The second kappa shape index (κ2) is 5.27. The first-order valence-corrected chi connectivity index (χ1v) is 8.99. The van der Waals surface area contributed by atoms with E-state index in [0.717, 1.165) is 13.0 Å². The van der Waals surface area contributed by atoms with E-state index in [4.69, 9.17) is 0 Å². The lowest BCUT2D eigenvalue weighted by molar-refractivity contribution is 0.0235. The van der Waals surface area contributed by atoms with Crippen molar-refractivity contribution in [1.29, 1.82) is 0 Å². The summed E-state index contributed by atoms with van der Waals surface area (Å²) in [5, 5.41) is 3.59. The molecule has 2 aliphatic carbocycles. The third-order valence-electron chi connectivity index (χ3n) is 4.60. The second-order valence-electron chi connectivity index (χ2n) is 5.95. The minimum absolute atomic E-state index is 0.319. The molecule has 0 aromatic carbocycles. The zero-order valence-corrected chi connectivity index (χ0v) is 11.7. The van der Waals surface area contributed by atoms with Gasteiger partial charge in [0.25, 0.3) is 0 Å². The van der Waals surface area contributed by atoms with Gasteiger partial charge in [0.1, 0.15) is 9.84 Å². The largest absolute Gasteiger partial charge is 0.313 e. The lowest BCUT2D eigenvalue weighted by atomic mass is 9.57. The Morgan fingerprint density at radius 1 is 1.18 bits per heavy atom. The van der Waals surface area contributed by atoms with Gasteiger partial charge >= 0.3 is 0 Å². The fraction of sp³-hybridized carbons (Fsp3) is 1.00. The summed E-state index contributed by atoms with van der Waals surface area (Å²) in [5.41, 5.74) is 0.587. The topological polar surface area (TPSA) is 46.2 Å². The minimum Gasteiger partial charge on any atom is -0.313 e. The summed E-state index contributed by atoms with van der Waals surface area (Å²) >= 11 is 0. The van der Waals surface area contributed by atoms with Crippen LogP contribution in [-0.2, 0) is 9.84 Å². The van der Waals surface area contributed by atoms with Crippen LogP contribution >= 0.6 is 0 Å². The molecule has 2 saturated carbocycles. The van der Waals surface area contributed by atoms with Gasteiger partial charge in [-0.15, -0.1) is 0 Å². The zero-order valence-electron chi connectivity index (χ0n) is 10.9. The van der Waals surface area contributed by atoms with Crippen molar-refractivity contribution in [3.05, 3.63) is 0 Å². The molecule has 2 fully saturated rings. The number of sulfone groups is 1. The molecule has 4 heteroatoms. The van der Waals surface area contributed by atoms with E-state index in [1.807, 2.05) is 0 Å².